The first-order valence-electron chi connectivity index (χ1n) is 9.46. The number of anilines is 1. The van der Waals surface area contributed by atoms with Crippen molar-refractivity contribution in [3.63, 3.8) is 0 Å². The molecule has 2 aliphatic heterocycles. The molecule has 7 heteroatoms. The smallest absolute Gasteiger partial charge is 0.146 e. The van der Waals surface area contributed by atoms with E-state index in [0.717, 1.165) is 49.9 Å². The number of rotatable bonds is 4. The molecule has 2 saturated heterocycles. The molecule has 0 radical (unpaired) electrons. The monoisotopic (exact) mass is 351 g/mol. The van der Waals surface area contributed by atoms with Crippen LogP contribution in [0, 0.1) is 11.3 Å². The third kappa shape index (κ3) is 3.42. The summed E-state index contributed by atoms with van der Waals surface area (Å²) < 4.78 is 2.19. The van der Waals surface area contributed by atoms with E-state index < -0.39 is 0 Å². The zero-order valence-corrected chi connectivity index (χ0v) is 15.3. The molecule has 0 bridgehead atoms. The Morgan fingerprint density at radius 2 is 2.00 bits per heavy atom. The van der Waals surface area contributed by atoms with Crippen LogP contribution in [-0.2, 0) is 13.6 Å². The maximum absolute atomic E-state index is 8.94. The van der Waals surface area contributed by atoms with Crippen molar-refractivity contribution in [2.24, 2.45) is 7.05 Å². The summed E-state index contributed by atoms with van der Waals surface area (Å²) in [5.74, 6) is 3.45. The van der Waals surface area contributed by atoms with Crippen LogP contribution in [0.2, 0.25) is 0 Å². The molecule has 2 aromatic rings. The number of nitrogens with zero attached hydrogens (tertiary/aromatic N) is 7. The third-order valence-corrected chi connectivity index (χ3v) is 5.55. The van der Waals surface area contributed by atoms with Gasteiger partial charge in [0.1, 0.15) is 23.5 Å². The molecule has 4 rings (SSSR count). The highest BCUT2D eigenvalue weighted by Crippen LogP contribution is 2.28. The SMILES string of the molecule is Cn1c(CN2CCCC2)nnc1C1CCCN(c2ccc(C#N)cn2)C1. The lowest BCUT2D eigenvalue weighted by atomic mass is 9.97. The first-order valence-corrected chi connectivity index (χ1v) is 9.46. The minimum absolute atomic E-state index is 0.367. The lowest BCUT2D eigenvalue weighted by Crippen LogP contribution is -2.36. The Labute approximate surface area is 154 Å². The van der Waals surface area contributed by atoms with Crippen LogP contribution in [0.15, 0.2) is 18.3 Å². The lowest BCUT2D eigenvalue weighted by molar-refractivity contribution is 0.317. The highest BCUT2D eigenvalue weighted by Gasteiger charge is 2.27. The summed E-state index contributed by atoms with van der Waals surface area (Å²) in [6.07, 6.45) is 6.47. The fourth-order valence-corrected chi connectivity index (χ4v) is 4.04. The Hall–Kier alpha value is -2.46. The van der Waals surface area contributed by atoms with Gasteiger partial charge in [0.25, 0.3) is 0 Å². The van der Waals surface area contributed by atoms with Gasteiger partial charge in [-0.15, -0.1) is 10.2 Å². The van der Waals surface area contributed by atoms with Crippen molar-refractivity contribution in [1.82, 2.24) is 24.6 Å². The zero-order valence-electron chi connectivity index (χ0n) is 15.3. The standard InChI is InChI=1S/C19H25N7/c1-24-18(14-25-8-2-3-9-25)22-23-19(24)16-5-4-10-26(13-16)17-7-6-15(11-20)12-21-17/h6-7,12,16H,2-5,8-10,13-14H2,1H3. The average molecular weight is 351 g/mol. The van der Waals surface area contributed by atoms with Crippen molar-refractivity contribution in [2.75, 3.05) is 31.1 Å². The van der Waals surface area contributed by atoms with Crippen molar-refractivity contribution >= 4 is 5.82 Å². The molecule has 2 fully saturated rings. The maximum Gasteiger partial charge on any atom is 0.146 e. The molecule has 2 aliphatic rings. The molecule has 4 heterocycles. The van der Waals surface area contributed by atoms with Gasteiger partial charge in [-0.25, -0.2) is 4.98 Å². The van der Waals surface area contributed by atoms with Crippen LogP contribution in [0.1, 0.15) is 48.8 Å². The second-order valence-corrected chi connectivity index (χ2v) is 7.32. The molecule has 136 valence electrons. The minimum atomic E-state index is 0.367. The summed E-state index contributed by atoms with van der Waals surface area (Å²) in [7, 11) is 2.10. The van der Waals surface area contributed by atoms with E-state index in [4.69, 9.17) is 5.26 Å². The first-order chi connectivity index (χ1) is 12.7. The van der Waals surface area contributed by atoms with E-state index in [2.05, 4.69) is 42.7 Å². The first kappa shape index (κ1) is 17.0. The van der Waals surface area contributed by atoms with Crippen LogP contribution in [0.25, 0.3) is 0 Å². The van der Waals surface area contributed by atoms with Crippen LogP contribution >= 0.6 is 0 Å². The van der Waals surface area contributed by atoms with Crippen molar-refractivity contribution in [3.05, 3.63) is 35.5 Å². The number of nitriles is 1. The second-order valence-electron chi connectivity index (χ2n) is 7.32. The Kier molecular flexibility index (Phi) is 4.85. The molecule has 0 amide bonds. The van der Waals surface area contributed by atoms with E-state index in [0.29, 0.717) is 11.5 Å². The summed E-state index contributed by atoms with van der Waals surface area (Å²) in [6, 6.07) is 5.90. The van der Waals surface area contributed by atoms with Gasteiger partial charge < -0.3 is 9.47 Å². The zero-order chi connectivity index (χ0) is 17.9. The van der Waals surface area contributed by atoms with E-state index >= 15 is 0 Å². The van der Waals surface area contributed by atoms with Crippen LogP contribution in [0.5, 0.6) is 0 Å². The number of aromatic nitrogens is 4. The van der Waals surface area contributed by atoms with Crippen molar-refractivity contribution in [2.45, 2.75) is 38.1 Å². The fraction of sp³-hybridized carbons (Fsp3) is 0.579. The van der Waals surface area contributed by atoms with Gasteiger partial charge >= 0.3 is 0 Å². The molecular weight excluding hydrogens is 326 g/mol. The number of piperidine rings is 1. The third-order valence-electron chi connectivity index (χ3n) is 5.55. The quantitative estimate of drug-likeness (QED) is 0.839. The topological polar surface area (TPSA) is 73.9 Å². The van der Waals surface area contributed by atoms with Gasteiger partial charge in [-0.3, -0.25) is 4.90 Å². The van der Waals surface area contributed by atoms with E-state index in [9.17, 15) is 0 Å². The van der Waals surface area contributed by atoms with Gasteiger partial charge in [0, 0.05) is 32.3 Å². The molecule has 26 heavy (non-hydrogen) atoms. The highest BCUT2D eigenvalue weighted by atomic mass is 15.3. The molecular formula is C19H25N7. The Morgan fingerprint density at radius 1 is 1.15 bits per heavy atom. The summed E-state index contributed by atoms with van der Waals surface area (Å²) in [6.45, 7) is 5.13. The van der Waals surface area contributed by atoms with Crippen LogP contribution in [0.3, 0.4) is 0 Å². The van der Waals surface area contributed by atoms with Crippen molar-refractivity contribution in [3.8, 4) is 6.07 Å². The Balaban J connectivity index is 1.47. The molecule has 1 atom stereocenters. The van der Waals surface area contributed by atoms with Gasteiger partial charge in [0.15, 0.2) is 0 Å². The van der Waals surface area contributed by atoms with E-state index in [1.54, 1.807) is 6.20 Å². The summed E-state index contributed by atoms with van der Waals surface area (Å²) in [5, 5.41) is 17.9. The second kappa shape index (κ2) is 7.42. The van der Waals surface area contributed by atoms with Gasteiger partial charge in [-0.05, 0) is 50.9 Å². The maximum atomic E-state index is 8.94. The predicted molar refractivity (Wildman–Crippen MR) is 98.7 cm³/mol. The van der Waals surface area contributed by atoms with E-state index in [1.807, 2.05) is 12.1 Å². The molecule has 0 spiro atoms. The molecule has 0 aromatic carbocycles. The molecule has 1 unspecified atom stereocenters. The van der Waals surface area contributed by atoms with Gasteiger partial charge in [-0.1, -0.05) is 0 Å². The number of hydrogen-bond donors (Lipinski definition) is 0. The molecule has 0 aliphatic carbocycles. The number of hydrogen-bond acceptors (Lipinski definition) is 6. The Morgan fingerprint density at radius 3 is 2.73 bits per heavy atom. The largest absolute Gasteiger partial charge is 0.356 e. The van der Waals surface area contributed by atoms with Crippen molar-refractivity contribution in [1.29, 1.82) is 5.26 Å². The molecule has 0 N–H and O–H groups in total. The van der Waals surface area contributed by atoms with Crippen LogP contribution in [0.4, 0.5) is 5.82 Å². The molecule has 2 aromatic heterocycles. The predicted octanol–water partition coefficient (Wildman–Crippen LogP) is 2.06. The Bertz CT molecular complexity index is 783. The van der Waals surface area contributed by atoms with Gasteiger partial charge in [0.05, 0.1) is 12.1 Å². The summed E-state index contributed by atoms with van der Waals surface area (Å²) in [4.78, 5) is 9.21. The number of likely N-dealkylation sites (tertiary alicyclic amines) is 1. The van der Waals surface area contributed by atoms with Crippen molar-refractivity contribution < 1.29 is 0 Å². The normalized spacial score (nSPS) is 21.1. The summed E-state index contributed by atoms with van der Waals surface area (Å²) in [5.41, 5.74) is 0.599. The van der Waals surface area contributed by atoms with Crippen LogP contribution in [-0.4, -0.2) is 50.8 Å². The molecule has 7 nitrogen and oxygen atoms in total. The average Bonchev–Trinajstić information content (AvgIpc) is 3.33. The van der Waals surface area contributed by atoms with E-state index in [1.165, 1.54) is 25.9 Å². The van der Waals surface area contributed by atoms with E-state index in [-0.39, 0.29) is 0 Å². The fourth-order valence-electron chi connectivity index (χ4n) is 4.04. The number of pyridine rings is 1. The van der Waals surface area contributed by atoms with Gasteiger partial charge in [0.2, 0.25) is 0 Å². The summed E-state index contributed by atoms with van der Waals surface area (Å²) >= 11 is 0. The molecule has 0 saturated carbocycles. The lowest BCUT2D eigenvalue weighted by Gasteiger charge is -2.33. The highest BCUT2D eigenvalue weighted by molar-refractivity contribution is 5.42. The van der Waals surface area contributed by atoms with Gasteiger partial charge in [-0.2, -0.15) is 5.26 Å². The minimum Gasteiger partial charge on any atom is -0.356 e. The van der Waals surface area contributed by atoms with Crippen LogP contribution < -0.4 is 4.90 Å².